The highest BCUT2D eigenvalue weighted by atomic mass is 35.5. The number of amides is 1. The molecule has 0 radical (unpaired) electrons. The molecule has 1 amide bonds. The SMILES string of the molecule is CCc1c(Cl)ccc(Nc2ccc(C)cc2CC(=O)N(C)C)c1F. The zero-order valence-electron chi connectivity index (χ0n) is 14.4. The van der Waals surface area contributed by atoms with Gasteiger partial charge in [-0.1, -0.05) is 36.2 Å². The molecule has 0 unspecified atom stereocenters. The van der Waals surface area contributed by atoms with Gasteiger partial charge in [0.1, 0.15) is 0 Å². The van der Waals surface area contributed by atoms with Crippen molar-refractivity contribution in [1.29, 1.82) is 0 Å². The van der Waals surface area contributed by atoms with E-state index in [1.165, 1.54) is 0 Å². The van der Waals surface area contributed by atoms with E-state index in [9.17, 15) is 9.18 Å². The van der Waals surface area contributed by atoms with Gasteiger partial charge in [-0.15, -0.1) is 0 Å². The molecule has 0 saturated carbocycles. The van der Waals surface area contributed by atoms with Crippen LogP contribution in [-0.4, -0.2) is 24.9 Å². The monoisotopic (exact) mass is 348 g/mol. The minimum absolute atomic E-state index is 0.00512. The predicted octanol–water partition coefficient (Wildman–Crippen LogP) is 4.72. The number of rotatable bonds is 5. The summed E-state index contributed by atoms with van der Waals surface area (Å²) in [6.45, 7) is 3.83. The van der Waals surface area contributed by atoms with Crippen LogP contribution in [0.4, 0.5) is 15.8 Å². The zero-order chi connectivity index (χ0) is 17.9. The van der Waals surface area contributed by atoms with Gasteiger partial charge in [-0.25, -0.2) is 4.39 Å². The highest BCUT2D eigenvalue weighted by Gasteiger charge is 2.14. The van der Waals surface area contributed by atoms with E-state index in [4.69, 9.17) is 11.6 Å². The molecule has 0 aliphatic heterocycles. The van der Waals surface area contributed by atoms with Gasteiger partial charge in [-0.05, 0) is 37.1 Å². The Kier molecular flexibility index (Phi) is 5.84. The minimum Gasteiger partial charge on any atom is -0.353 e. The number of carbonyl (C=O) groups excluding carboxylic acids is 1. The van der Waals surface area contributed by atoms with Crippen LogP contribution in [0.2, 0.25) is 5.02 Å². The van der Waals surface area contributed by atoms with Gasteiger partial charge in [0.05, 0.1) is 12.1 Å². The summed E-state index contributed by atoms with van der Waals surface area (Å²) >= 11 is 6.04. The lowest BCUT2D eigenvalue weighted by atomic mass is 10.0. The third-order valence-electron chi connectivity index (χ3n) is 3.91. The van der Waals surface area contributed by atoms with Gasteiger partial charge in [-0.2, -0.15) is 0 Å². The van der Waals surface area contributed by atoms with Gasteiger partial charge in [0.15, 0.2) is 5.82 Å². The van der Waals surface area contributed by atoms with E-state index < -0.39 is 0 Å². The summed E-state index contributed by atoms with van der Waals surface area (Å²) in [6, 6.07) is 9.05. The highest BCUT2D eigenvalue weighted by Crippen LogP contribution is 2.30. The number of anilines is 2. The van der Waals surface area contributed by atoms with Crippen LogP contribution in [0.15, 0.2) is 30.3 Å². The first-order valence-electron chi connectivity index (χ1n) is 7.87. The van der Waals surface area contributed by atoms with Crippen molar-refractivity contribution < 1.29 is 9.18 Å². The van der Waals surface area contributed by atoms with Gasteiger partial charge < -0.3 is 10.2 Å². The second-order valence-electron chi connectivity index (χ2n) is 5.99. The fourth-order valence-electron chi connectivity index (χ4n) is 2.48. The fourth-order valence-corrected chi connectivity index (χ4v) is 2.75. The number of hydrogen-bond donors (Lipinski definition) is 1. The van der Waals surface area contributed by atoms with Gasteiger partial charge in [-0.3, -0.25) is 4.79 Å². The van der Waals surface area contributed by atoms with Crippen LogP contribution in [-0.2, 0) is 17.6 Å². The maximum absolute atomic E-state index is 14.6. The lowest BCUT2D eigenvalue weighted by molar-refractivity contribution is -0.127. The molecule has 3 nitrogen and oxygen atoms in total. The van der Waals surface area contributed by atoms with Crippen molar-refractivity contribution in [3.8, 4) is 0 Å². The van der Waals surface area contributed by atoms with Crippen molar-refractivity contribution in [1.82, 2.24) is 4.90 Å². The summed E-state index contributed by atoms with van der Waals surface area (Å²) in [5.74, 6) is -0.357. The van der Waals surface area contributed by atoms with E-state index in [1.807, 2.05) is 32.0 Å². The molecular formula is C19H22ClFN2O. The molecule has 0 heterocycles. The van der Waals surface area contributed by atoms with Crippen LogP contribution in [0.25, 0.3) is 0 Å². The van der Waals surface area contributed by atoms with E-state index in [0.29, 0.717) is 22.7 Å². The Labute approximate surface area is 147 Å². The zero-order valence-corrected chi connectivity index (χ0v) is 15.2. The van der Waals surface area contributed by atoms with Gasteiger partial charge in [0.2, 0.25) is 5.91 Å². The molecule has 0 spiro atoms. The van der Waals surface area contributed by atoms with Crippen LogP contribution < -0.4 is 5.32 Å². The standard InChI is InChI=1S/C19H22ClFN2O/c1-5-14-15(20)7-9-17(19(14)21)22-16-8-6-12(2)10-13(16)11-18(24)23(3)4/h6-10,22H,5,11H2,1-4H3. The maximum atomic E-state index is 14.6. The molecule has 0 fully saturated rings. The number of nitrogens with one attached hydrogen (secondary N) is 1. The van der Waals surface area contributed by atoms with E-state index in [-0.39, 0.29) is 18.1 Å². The van der Waals surface area contributed by atoms with Crippen LogP contribution in [0.3, 0.4) is 0 Å². The number of benzene rings is 2. The average Bonchev–Trinajstić information content (AvgIpc) is 2.52. The molecule has 0 saturated heterocycles. The first kappa shape index (κ1) is 18.3. The van der Waals surface area contributed by atoms with E-state index >= 15 is 0 Å². The van der Waals surface area contributed by atoms with E-state index in [1.54, 1.807) is 31.1 Å². The number of hydrogen-bond acceptors (Lipinski definition) is 2. The van der Waals surface area contributed by atoms with Gasteiger partial charge >= 0.3 is 0 Å². The van der Waals surface area contributed by atoms with Crippen molar-refractivity contribution >= 4 is 28.9 Å². The summed E-state index contributed by atoms with van der Waals surface area (Å²) < 4.78 is 14.6. The number of nitrogens with zero attached hydrogens (tertiary/aromatic N) is 1. The maximum Gasteiger partial charge on any atom is 0.226 e. The molecule has 128 valence electrons. The quantitative estimate of drug-likeness (QED) is 0.847. The molecule has 0 aliphatic carbocycles. The lowest BCUT2D eigenvalue weighted by Gasteiger charge is -2.17. The second-order valence-corrected chi connectivity index (χ2v) is 6.40. The summed E-state index contributed by atoms with van der Waals surface area (Å²) in [5, 5.41) is 3.53. The molecule has 2 aromatic carbocycles. The first-order chi connectivity index (χ1) is 11.3. The molecule has 0 atom stereocenters. The fraction of sp³-hybridized carbons (Fsp3) is 0.316. The van der Waals surface area contributed by atoms with Crippen LogP contribution in [0.1, 0.15) is 23.6 Å². The Hall–Kier alpha value is -2.07. The third kappa shape index (κ3) is 4.06. The molecular weight excluding hydrogens is 327 g/mol. The molecule has 0 aliphatic rings. The Morgan fingerprint density at radius 3 is 2.50 bits per heavy atom. The number of aryl methyl sites for hydroxylation is 1. The van der Waals surface area contributed by atoms with Crippen molar-refractivity contribution in [3.05, 3.63) is 57.9 Å². The summed E-state index contributed by atoms with van der Waals surface area (Å²) in [7, 11) is 3.44. The Morgan fingerprint density at radius 2 is 1.88 bits per heavy atom. The van der Waals surface area contributed by atoms with Crippen LogP contribution in [0, 0.1) is 12.7 Å². The lowest BCUT2D eigenvalue weighted by Crippen LogP contribution is -2.23. The molecule has 2 rings (SSSR count). The van der Waals surface area contributed by atoms with E-state index in [2.05, 4.69) is 5.32 Å². The van der Waals surface area contributed by atoms with E-state index in [0.717, 1.165) is 16.8 Å². The smallest absolute Gasteiger partial charge is 0.226 e. The average molecular weight is 349 g/mol. The minimum atomic E-state index is -0.351. The molecule has 5 heteroatoms. The van der Waals surface area contributed by atoms with Crippen molar-refractivity contribution in [3.63, 3.8) is 0 Å². The summed E-state index contributed by atoms with van der Waals surface area (Å²) in [5.41, 5.74) is 3.45. The normalized spacial score (nSPS) is 10.6. The molecule has 0 bridgehead atoms. The first-order valence-corrected chi connectivity index (χ1v) is 8.24. The predicted molar refractivity (Wildman–Crippen MR) is 97.6 cm³/mol. The van der Waals surface area contributed by atoms with Crippen molar-refractivity contribution in [2.75, 3.05) is 19.4 Å². The van der Waals surface area contributed by atoms with Crippen molar-refractivity contribution in [2.45, 2.75) is 26.7 Å². The van der Waals surface area contributed by atoms with Crippen LogP contribution in [0.5, 0.6) is 0 Å². The van der Waals surface area contributed by atoms with Gasteiger partial charge in [0, 0.05) is 30.4 Å². The van der Waals surface area contributed by atoms with Gasteiger partial charge in [0.25, 0.3) is 0 Å². The Bertz CT molecular complexity index is 759. The molecule has 24 heavy (non-hydrogen) atoms. The Morgan fingerprint density at radius 1 is 1.21 bits per heavy atom. The molecule has 1 N–H and O–H groups in total. The largest absolute Gasteiger partial charge is 0.353 e. The number of likely N-dealkylation sites (N-methyl/N-ethyl adjacent to an activating group) is 1. The summed E-state index contributed by atoms with van der Waals surface area (Å²) in [6.07, 6.45) is 0.771. The highest BCUT2D eigenvalue weighted by molar-refractivity contribution is 6.31. The number of halogens is 2. The van der Waals surface area contributed by atoms with Crippen LogP contribution >= 0.6 is 11.6 Å². The Balaban J connectivity index is 2.38. The second kappa shape index (κ2) is 7.67. The molecule has 2 aromatic rings. The third-order valence-corrected chi connectivity index (χ3v) is 4.26. The number of carbonyl (C=O) groups is 1. The van der Waals surface area contributed by atoms with Crippen molar-refractivity contribution in [2.24, 2.45) is 0 Å². The topological polar surface area (TPSA) is 32.3 Å². The summed E-state index contributed by atoms with van der Waals surface area (Å²) in [4.78, 5) is 13.6. The molecule has 0 aromatic heterocycles.